The van der Waals surface area contributed by atoms with Crippen LogP contribution in [-0.4, -0.2) is 47.7 Å². The zero-order chi connectivity index (χ0) is 21.3. The maximum Gasteiger partial charge on any atom is 0.261 e. The van der Waals surface area contributed by atoms with E-state index in [9.17, 15) is 23.6 Å². The third kappa shape index (κ3) is 3.80. The summed E-state index contributed by atoms with van der Waals surface area (Å²) < 4.78 is 13.1. The SMILES string of the molecule is O=C(CCCN1C(=O)c2ccccc2C1=O)N[C@H]1CC(=O)N(c2ccc(F)cc2)C1. The third-order valence-electron chi connectivity index (χ3n) is 5.29. The van der Waals surface area contributed by atoms with E-state index in [1.165, 1.54) is 29.2 Å². The fourth-order valence-corrected chi connectivity index (χ4v) is 3.81. The van der Waals surface area contributed by atoms with Crippen LogP contribution in [0.2, 0.25) is 0 Å². The summed E-state index contributed by atoms with van der Waals surface area (Å²) in [4.78, 5) is 51.8. The van der Waals surface area contributed by atoms with E-state index in [1.807, 2.05) is 0 Å². The number of hydrogen-bond acceptors (Lipinski definition) is 4. The van der Waals surface area contributed by atoms with Crippen molar-refractivity contribution in [2.75, 3.05) is 18.0 Å². The first kappa shape index (κ1) is 19.8. The Morgan fingerprint density at radius 1 is 1.00 bits per heavy atom. The zero-order valence-corrected chi connectivity index (χ0v) is 16.1. The number of rotatable bonds is 6. The predicted octanol–water partition coefficient (Wildman–Crippen LogP) is 2.12. The van der Waals surface area contributed by atoms with Crippen LogP contribution in [0.15, 0.2) is 48.5 Å². The second-order valence-electron chi connectivity index (χ2n) is 7.36. The molecule has 154 valence electrons. The van der Waals surface area contributed by atoms with Crippen LogP contribution in [0.4, 0.5) is 10.1 Å². The van der Waals surface area contributed by atoms with Gasteiger partial charge in [-0.2, -0.15) is 0 Å². The van der Waals surface area contributed by atoms with Crippen LogP contribution in [-0.2, 0) is 9.59 Å². The molecule has 2 aromatic carbocycles. The van der Waals surface area contributed by atoms with Gasteiger partial charge in [-0.05, 0) is 42.8 Å². The van der Waals surface area contributed by atoms with Gasteiger partial charge in [-0.3, -0.25) is 24.1 Å². The zero-order valence-electron chi connectivity index (χ0n) is 16.1. The van der Waals surface area contributed by atoms with Gasteiger partial charge in [-0.1, -0.05) is 12.1 Å². The van der Waals surface area contributed by atoms with E-state index < -0.39 is 0 Å². The van der Waals surface area contributed by atoms with Crippen LogP contribution in [0.5, 0.6) is 0 Å². The molecule has 0 radical (unpaired) electrons. The van der Waals surface area contributed by atoms with Gasteiger partial charge < -0.3 is 10.2 Å². The van der Waals surface area contributed by atoms with Crippen molar-refractivity contribution in [3.63, 3.8) is 0 Å². The van der Waals surface area contributed by atoms with E-state index in [-0.39, 0.29) is 54.9 Å². The quantitative estimate of drug-likeness (QED) is 0.741. The van der Waals surface area contributed by atoms with Gasteiger partial charge in [-0.15, -0.1) is 0 Å². The molecule has 2 aliphatic heterocycles. The number of carbonyl (C=O) groups excluding carboxylic acids is 4. The van der Waals surface area contributed by atoms with Gasteiger partial charge in [0.1, 0.15) is 5.82 Å². The Morgan fingerprint density at radius 3 is 2.27 bits per heavy atom. The van der Waals surface area contributed by atoms with E-state index in [0.717, 1.165) is 4.90 Å². The van der Waals surface area contributed by atoms with Crippen LogP contribution >= 0.6 is 0 Å². The Labute approximate surface area is 172 Å². The molecule has 0 aromatic heterocycles. The summed E-state index contributed by atoms with van der Waals surface area (Å²) in [6, 6.07) is 11.9. The number of amides is 4. The van der Waals surface area contributed by atoms with Crippen molar-refractivity contribution >= 4 is 29.3 Å². The number of benzene rings is 2. The average Bonchev–Trinajstić information content (AvgIpc) is 3.21. The maximum atomic E-state index is 13.1. The first-order chi connectivity index (χ1) is 14.4. The molecule has 2 aliphatic rings. The molecule has 1 fully saturated rings. The van der Waals surface area contributed by atoms with Crippen LogP contribution in [0, 0.1) is 5.82 Å². The molecule has 1 saturated heterocycles. The molecule has 4 rings (SSSR count). The third-order valence-corrected chi connectivity index (χ3v) is 5.29. The van der Waals surface area contributed by atoms with E-state index in [4.69, 9.17) is 0 Å². The summed E-state index contributed by atoms with van der Waals surface area (Å²) in [6.07, 6.45) is 0.635. The first-order valence-electron chi connectivity index (χ1n) is 9.74. The largest absolute Gasteiger partial charge is 0.351 e. The lowest BCUT2D eigenvalue weighted by molar-refractivity contribution is -0.121. The van der Waals surface area contributed by atoms with Crippen molar-refractivity contribution in [3.8, 4) is 0 Å². The lowest BCUT2D eigenvalue weighted by Crippen LogP contribution is -2.37. The van der Waals surface area contributed by atoms with Gasteiger partial charge in [-0.25, -0.2) is 4.39 Å². The second-order valence-corrected chi connectivity index (χ2v) is 7.36. The van der Waals surface area contributed by atoms with Crippen molar-refractivity contribution in [1.82, 2.24) is 10.2 Å². The minimum atomic E-state index is -0.381. The van der Waals surface area contributed by atoms with Crippen LogP contribution in [0.25, 0.3) is 0 Å². The normalized spacial score (nSPS) is 18.2. The number of hydrogen-bond donors (Lipinski definition) is 1. The number of nitrogens with one attached hydrogen (secondary N) is 1. The standard InChI is InChI=1S/C22H20FN3O4/c23-14-7-9-16(10-8-14)26-13-15(12-20(26)28)24-19(27)6-3-11-25-21(29)17-4-1-2-5-18(17)22(25)30/h1-2,4-5,7-10,15H,3,6,11-13H2,(H,24,27)/t15-/m0/s1. The van der Waals surface area contributed by atoms with E-state index in [2.05, 4.69) is 5.32 Å². The molecular formula is C22H20FN3O4. The average molecular weight is 409 g/mol. The smallest absolute Gasteiger partial charge is 0.261 e. The number of anilines is 1. The minimum Gasteiger partial charge on any atom is -0.351 e. The molecule has 0 unspecified atom stereocenters. The number of carbonyl (C=O) groups is 4. The summed E-state index contributed by atoms with van der Waals surface area (Å²) in [7, 11) is 0. The fourth-order valence-electron chi connectivity index (χ4n) is 3.81. The highest BCUT2D eigenvalue weighted by Crippen LogP contribution is 2.23. The molecule has 7 nitrogen and oxygen atoms in total. The summed E-state index contributed by atoms with van der Waals surface area (Å²) in [5.41, 5.74) is 1.36. The maximum absolute atomic E-state index is 13.1. The first-order valence-corrected chi connectivity index (χ1v) is 9.74. The molecule has 4 amide bonds. The van der Waals surface area contributed by atoms with Gasteiger partial charge in [0.15, 0.2) is 0 Å². The molecular weight excluding hydrogens is 389 g/mol. The monoisotopic (exact) mass is 409 g/mol. The minimum absolute atomic E-state index is 0.134. The van der Waals surface area contributed by atoms with Crippen LogP contribution in [0.1, 0.15) is 40.0 Å². The Bertz CT molecular complexity index is 986. The second kappa shape index (κ2) is 8.06. The summed E-state index contributed by atoms with van der Waals surface area (Å²) in [5.74, 6) is -1.45. The lowest BCUT2D eigenvalue weighted by Gasteiger charge is -2.17. The summed E-state index contributed by atoms with van der Waals surface area (Å²) in [6.45, 7) is 0.472. The molecule has 0 aliphatic carbocycles. The molecule has 8 heteroatoms. The number of imide groups is 1. The number of fused-ring (bicyclic) bond motifs is 1. The summed E-state index contributed by atoms with van der Waals surface area (Å²) >= 11 is 0. The van der Waals surface area contributed by atoms with Crippen LogP contribution in [0.3, 0.4) is 0 Å². The molecule has 2 heterocycles. The predicted molar refractivity (Wildman–Crippen MR) is 106 cm³/mol. The van der Waals surface area contributed by atoms with Crippen molar-refractivity contribution in [1.29, 1.82) is 0 Å². The fraction of sp³-hybridized carbons (Fsp3) is 0.273. The van der Waals surface area contributed by atoms with Gasteiger partial charge in [0, 0.05) is 31.6 Å². The number of nitrogens with zero attached hydrogens (tertiary/aromatic N) is 2. The van der Waals surface area contributed by atoms with Gasteiger partial charge >= 0.3 is 0 Å². The molecule has 0 spiro atoms. The lowest BCUT2D eigenvalue weighted by atomic mass is 10.1. The topological polar surface area (TPSA) is 86.8 Å². The van der Waals surface area contributed by atoms with E-state index in [1.54, 1.807) is 24.3 Å². The van der Waals surface area contributed by atoms with Crippen molar-refractivity contribution in [2.45, 2.75) is 25.3 Å². The van der Waals surface area contributed by atoms with Gasteiger partial charge in [0.25, 0.3) is 11.8 Å². The van der Waals surface area contributed by atoms with Crippen LogP contribution < -0.4 is 10.2 Å². The van der Waals surface area contributed by atoms with Gasteiger partial charge in [0.2, 0.25) is 11.8 Å². The van der Waals surface area contributed by atoms with Crippen molar-refractivity contribution < 1.29 is 23.6 Å². The van der Waals surface area contributed by atoms with Gasteiger partial charge in [0.05, 0.1) is 17.2 Å². The molecule has 1 N–H and O–H groups in total. The Hall–Kier alpha value is -3.55. The molecule has 0 bridgehead atoms. The highest BCUT2D eigenvalue weighted by Gasteiger charge is 2.35. The molecule has 30 heavy (non-hydrogen) atoms. The highest BCUT2D eigenvalue weighted by molar-refractivity contribution is 6.21. The van der Waals surface area contributed by atoms with Crippen molar-refractivity contribution in [2.24, 2.45) is 0 Å². The molecule has 1 atom stereocenters. The van der Waals surface area contributed by atoms with E-state index >= 15 is 0 Å². The Balaban J connectivity index is 1.26. The highest BCUT2D eigenvalue weighted by atomic mass is 19.1. The molecule has 0 saturated carbocycles. The number of halogens is 1. The Kier molecular flexibility index (Phi) is 5.31. The van der Waals surface area contributed by atoms with E-state index in [0.29, 0.717) is 29.8 Å². The van der Waals surface area contributed by atoms with Crippen molar-refractivity contribution in [3.05, 3.63) is 65.5 Å². The molecule has 2 aromatic rings. The summed E-state index contributed by atoms with van der Waals surface area (Å²) in [5, 5.41) is 2.82. The Morgan fingerprint density at radius 2 is 1.63 bits per heavy atom.